The van der Waals surface area contributed by atoms with Crippen LogP contribution >= 0.6 is 0 Å². The summed E-state index contributed by atoms with van der Waals surface area (Å²) in [5.41, 5.74) is 0.986. The van der Waals surface area contributed by atoms with E-state index in [-0.39, 0.29) is 5.60 Å². The van der Waals surface area contributed by atoms with Crippen LogP contribution in [0.15, 0.2) is 18.3 Å². The summed E-state index contributed by atoms with van der Waals surface area (Å²) in [5, 5.41) is 3.35. The van der Waals surface area contributed by atoms with Crippen molar-refractivity contribution in [1.82, 2.24) is 10.3 Å². The summed E-state index contributed by atoms with van der Waals surface area (Å²) in [5.74, 6) is 0.681. The second-order valence-corrected chi connectivity index (χ2v) is 5.25. The Morgan fingerprint density at radius 3 is 2.44 bits per heavy atom. The van der Waals surface area contributed by atoms with Crippen LogP contribution in [-0.2, 0) is 6.54 Å². The van der Waals surface area contributed by atoms with E-state index < -0.39 is 0 Å². The van der Waals surface area contributed by atoms with Gasteiger partial charge in [-0.25, -0.2) is 4.98 Å². The van der Waals surface area contributed by atoms with Crippen molar-refractivity contribution in [2.24, 2.45) is 0 Å². The molecule has 0 spiro atoms. The van der Waals surface area contributed by atoms with Gasteiger partial charge < -0.3 is 10.1 Å². The Morgan fingerprint density at radius 2 is 2.00 bits per heavy atom. The Labute approximate surface area is 98.2 Å². The van der Waals surface area contributed by atoms with E-state index in [1.165, 1.54) is 5.56 Å². The molecule has 1 aromatic heterocycles. The molecular formula is C13H22N2O. The minimum Gasteiger partial charge on any atom is -0.472 e. The van der Waals surface area contributed by atoms with E-state index >= 15 is 0 Å². The molecule has 0 unspecified atom stereocenters. The Kier molecular flexibility index (Phi) is 4.30. The summed E-state index contributed by atoms with van der Waals surface area (Å²) >= 11 is 0. The first-order valence-corrected chi connectivity index (χ1v) is 5.74. The molecule has 16 heavy (non-hydrogen) atoms. The molecular weight excluding hydrogens is 200 g/mol. The van der Waals surface area contributed by atoms with Crippen molar-refractivity contribution in [3.63, 3.8) is 0 Å². The van der Waals surface area contributed by atoms with Crippen LogP contribution < -0.4 is 10.1 Å². The van der Waals surface area contributed by atoms with E-state index in [9.17, 15) is 0 Å². The highest BCUT2D eigenvalue weighted by molar-refractivity contribution is 5.18. The molecule has 0 aromatic carbocycles. The van der Waals surface area contributed by atoms with Gasteiger partial charge in [0.25, 0.3) is 0 Å². The van der Waals surface area contributed by atoms with Crippen molar-refractivity contribution in [3.05, 3.63) is 23.9 Å². The fraction of sp³-hybridized carbons (Fsp3) is 0.615. The van der Waals surface area contributed by atoms with Crippen LogP contribution in [0.2, 0.25) is 0 Å². The number of aromatic nitrogens is 1. The molecule has 0 bridgehead atoms. The molecule has 0 aliphatic heterocycles. The van der Waals surface area contributed by atoms with Gasteiger partial charge in [0.2, 0.25) is 5.88 Å². The summed E-state index contributed by atoms with van der Waals surface area (Å²) in [6.45, 7) is 11.2. The fourth-order valence-corrected chi connectivity index (χ4v) is 1.21. The first kappa shape index (κ1) is 13.0. The zero-order valence-electron chi connectivity index (χ0n) is 10.9. The number of hydrogen-bond acceptors (Lipinski definition) is 3. The highest BCUT2D eigenvalue weighted by Crippen LogP contribution is 2.15. The van der Waals surface area contributed by atoms with E-state index in [0.717, 1.165) is 6.54 Å². The number of pyridine rings is 1. The number of hydrogen-bond donors (Lipinski definition) is 1. The van der Waals surface area contributed by atoms with Gasteiger partial charge in [-0.1, -0.05) is 19.9 Å². The largest absolute Gasteiger partial charge is 0.472 e. The number of nitrogens with zero attached hydrogens (tertiary/aromatic N) is 1. The van der Waals surface area contributed by atoms with E-state index in [1.807, 2.05) is 39.1 Å². The average Bonchev–Trinajstić information content (AvgIpc) is 2.14. The Hall–Kier alpha value is -1.09. The fourth-order valence-electron chi connectivity index (χ4n) is 1.21. The summed E-state index contributed by atoms with van der Waals surface area (Å²) in [6, 6.07) is 4.46. The number of ether oxygens (including phenoxy) is 1. The van der Waals surface area contributed by atoms with Crippen LogP contribution in [0.1, 0.15) is 40.2 Å². The zero-order valence-corrected chi connectivity index (χ0v) is 10.9. The standard InChI is InChI=1S/C13H22N2O/c1-10(2)14-8-11-6-7-12(15-9-11)16-13(3,4)5/h6-7,9-10,14H,8H2,1-5H3. The third-order valence-corrected chi connectivity index (χ3v) is 1.92. The van der Waals surface area contributed by atoms with Crippen LogP contribution in [0, 0.1) is 0 Å². The molecule has 0 saturated heterocycles. The maximum Gasteiger partial charge on any atom is 0.213 e. The molecule has 1 N–H and O–H groups in total. The third-order valence-electron chi connectivity index (χ3n) is 1.92. The normalized spacial score (nSPS) is 11.9. The van der Waals surface area contributed by atoms with E-state index in [1.54, 1.807) is 0 Å². The van der Waals surface area contributed by atoms with Crippen molar-refractivity contribution in [1.29, 1.82) is 0 Å². The van der Waals surface area contributed by atoms with Crippen molar-refractivity contribution in [2.45, 2.75) is 52.8 Å². The number of nitrogens with one attached hydrogen (secondary N) is 1. The second-order valence-electron chi connectivity index (χ2n) is 5.25. The molecule has 0 radical (unpaired) electrons. The summed E-state index contributed by atoms with van der Waals surface area (Å²) < 4.78 is 5.65. The van der Waals surface area contributed by atoms with Crippen molar-refractivity contribution < 1.29 is 4.74 Å². The smallest absolute Gasteiger partial charge is 0.213 e. The summed E-state index contributed by atoms with van der Waals surface area (Å²) in [7, 11) is 0. The van der Waals surface area contributed by atoms with Gasteiger partial charge in [-0.15, -0.1) is 0 Å². The average molecular weight is 222 g/mol. The summed E-state index contributed by atoms with van der Waals surface area (Å²) in [6.07, 6.45) is 1.86. The zero-order chi connectivity index (χ0) is 12.2. The van der Waals surface area contributed by atoms with Gasteiger partial charge in [0, 0.05) is 24.8 Å². The van der Waals surface area contributed by atoms with Gasteiger partial charge in [-0.05, 0) is 26.3 Å². The van der Waals surface area contributed by atoms with Gasteiger partial charge in [0.05, 0.1) is 0 Å². The van der Waals surface area contributed by atoms with E-state index in [2.05, 4.69) is 24.1 Å². The third kappa shape index (κ3) is 5.12. The lowest BCUT2D eigenvalue weighted by molar-refractivity contribution is 0.124. The molecule has 1 heterocycles. The molecule has 3 nitrogen and oxygen atoms in total. The molecule has 1 rings (SSSR count). The van der Waals surface area contributed by atoms with Crippen LogP contribution in [0.25, 0.3) is 0 Å². The van der Waals surface area contributed by atoms with Crippen LogP contribution in [0.3, 0.4) is 0 Å². The minimum atomic E-state index is -0.190. The van der Waals surface area contributed by atoms with E-state index in [4.69, 9.17) is 4.74 Å². The Bertz CT molecular complexity index is 312. The lowest BCUT2D eigenvalue weighted by atomic mass is 10.2. The van der Waals surface area contributed by atoms with Crippen molar-refractivity contribution in [2.75, 3.05) is 0 Å². The van der Waals surface area contributed by atoms with Crippen LogP contribution in [0.5, 0.6) is 5.88 Å². The quantitative estimate of drug-likeness (QED) is 0.850. The predicted octanol–water partition coefficient (Wildman–Crippen LogP) is 2.76. The van der Waals surface area contributed by atoms with Gasteiger partial charge in [0.1, 0.15) is 5.60 Å². The van der Waals surface area contributed by atoms with Crippen LogP contribution in [0.4, 0.5) is 0 Å². The highest BCUT2D eigenvalue weighted by atomic mass is 16.5. The first-order valence-electron chi connectivity index (χ1n) is 5.74. The Balaban J connectivity index is 2.54. The molecule has 90 valence electrons. The first-order chi connectivity index (χ1) is 7.37. The molecule has 0 saturated carbocycles. The van der Waals surface area contributed by atoms with Crippen LogP contribution in [-0.4, -0.2) is 16.6 Å². The monoisotopic (exact) mass is 222 g/mol. The lowest BCUT2D eigenvalue weighted by Gasteiger charge is -2.20. The second kappa shape index (κ2) is 5.30. The van der Waals surface area contributed by atoms with Gasteiger partial charge in [-0.3, -0.25) is 0 Å². The van der Waals surface area contributed by atoms with Crippen molar-refractivity contribution >= 4 is 0 Å². The maximum atomic E-state index is 5.65. The van der Waals surface area contributed by atoms with Gasteiger partial charge in [0.15, 0.2) is 0 Å². The van der Waals surface area contributed by atoms with Gasteiger partial charge >= 0.3 is 0 Å². The van der Waals surface area contributed by atoms with Crippen molar-refractivity contribution in [3.8, 4) is 5.88 Å². The topological polar surface area (TPSA) is 34.1 Å². The highest BCUT2D eigenvalue weighted by Gasteiger charge is 2.12. The van der Waals surface area contributed by atoms with E-state index in [0.29, 0.717) is 11.9 Å². The molecule has 1 aromatic rings. The molecule has 0 atom stereocenters. The molecule has 3 heteroatoms. The molecule has 0 amide bonds. The predicted molar refractivity (Wildman–Crippen MR) is 66.6 cm³/mol. The van der Waals surface area contributed by atoms with Gasteiger partial charge in [-0.2, -0.15) is 0 Å². The Morgan fingerprint density at radius 1 is 1.31 bits per heavy atom. The number of rotatable bonds is 4. The SMILES string of the molecule is CC(C)NCc1ccc(OC(C)(C)C)nc1. The molecule has 0 aliphatic carbocycles. The molecule has 0 fully saturated rings. The molecule has 0 aliphatic rings. The summed E-state index contributed by atoms with van der Waals surface area (Å²) in [4.78, 5) is 4.28. The minimum absolute atomic E-state index is 0.190. The lowest BCUT2D eigenvalue weighted by Crippen LogP contribution is -2.24. The maximum absolute atomic E-state index is 5.65.